The number of hydrogen-bond acceptors (Lipinski definition) is 6. The van der Waals surface area contributed by atoms with Crippen molar-refractivity contribution < 1.29 is 9.21 Å². The van der Waals surface area contributed by atoms with E-state index in [9.17, 15) is 4.79 Å². The molecule has 2 aliphatic rings. The van der Waals surface area contributed by atoms with Crippen molar-refractivity contribution in [1.82, 2.24) is 14.8 Å². The zero-order chi connectivity index (χ0) is 20.0. The number of hydrogen-bond donors (Lipinski definition) is 1. The van der Waals surface area contributed by atoms with Crippen LogP contribution >= 0.6 is 39.3 Å². The molecule has 1 aromatic carbocycles. The summed E-state index contributed by atoms with van der Waals surface area (Å²) in [7, 11) is 0. The lowest BCUT2D eigenvalue weighted by Gasteiger charge is -2.30. The first-order chi connectivity index (χ1) is 14.1. The Morgan fingerprint density at radius 1 is 1.28 bits per heavy atom. The number of Topliss-reactive ketones (excluding diaryl/α,β-unsaturated/α-hetero) is 1. The molecule has 1 unspecified atom stereocenters. The van der Waals surface area contributed by atoms with Gasteiger partial charge >= 0.3 is 0 Å². The van der Waals surface area contributed by atoms with E-state index in [1.165, 1.54) is 11.8 Å². The van der Waals surface area contributed by atoms with Gasteiger partial charge in [0.15, 0.2) is 10.5 Å². The van der Waals surface area contributed by atoms with Crippen molar-refractivity contribution in [3.8, 4) is 0 Å². The third-order valence-corrected chi connectivity index (χ3v) is 6.71. The van der Waals surface area contributed by atoms with Crippen molar-refractivity contribution in [3.05, 3.63) is 68.7 Å². The second-order valence-corrected chi connectivity index (χ2v) is 9.01. The molecule has 1 aliphatic carbocycles. The Morgan fingerprint density at radius 3 is 2.93 bits per heavy atom. The SMILES string of the molecule is O=C1CCCC2=C1C(c1ccc(Br)o1)n1nc(SCc3ccccc3Cl)nc1N2. The quantitative estimate of drug-likeness (QED) is 0.479. The lowest BCUT2D eigenvalue weighted by atomic mass is 9.88. The molecule has 1 N–H and O–H groups in total. The minimum atomic E-state index is -0.414. The van der Waals surface area contributed by atoms with Gasteiger partial charge in [-0.15, -0.1) is 5.10 Å². The van der Waals surface area contributed by atoms with E-state index in [0.717, 1.165) is 34.7 Å². The molecule has 0 fully saturated rings. The number of carbonyl (C=O) groups is 1. The van der Waals surface area contributed by atoms with Crippen LogP contribution in [0.15, 0.2) is 61.9 Å². The summed E-state index contributed by atoms with van der Waals surface area (Å²) in [4.78, 5) is 17.4. The van der Waals surface area contributed by atoms with Crippen molar-refractivity contribution in [2.45, 2.75) is 36.2 Å². The highest BCUT2D eigenvalue weighted by molar-refractivity contribution is 9.10. The van der Waals surface area contributed by atoms with Crippen LogP contribution in [0.2, 0.25) is 5.02 Å². The van der Waals surface area contributed by atoms with Crippen LogP contribution in [0.4, 0.5) is 5.95 Å². The first-order valence-corrected chi connectivity index (χ1v) is 11.4. The van der Waals surface area contributed by atoms with Crippen LogP contribution in [0.3, 0.4) is 0 Å². The van der Waals surface area contributed by atoms with Crippen LogP contribution in [0.1, 0.15) is 36.6 Å². The molecule has 3 aromatic rings. The number of rotatable bonds is 4. The van der Waals surface area contributed by atoms with Gasteiger partial charge in [-0.2, -0.15) is 4.98 Å². The van der Waals surface area contributed by atoms with E-state index in [1.807, 2.05) is 36.4 Å². The summed E-state index contributed by atoms with van der Waals surface area (Å²) in [6.45, 7) is 0. The van der Waals surface area contributed by atoms with Gasteiger partial charge in [0.25, 0.3) is 0 Å². The topological polar surface area (TPSA) is 73.0 Å². The molecule has 148 valence electrons. The van der Waals surface area contributed by atoms with Crippen molar-refractivity contribution in [1.29, 1.82) is 0 Å². The Balaban J connectivity index is 1.50. The molecule has 0 spiro atoms. The number of carbonyl (C=O) groups excluding carboxylic acids is 1. The van der Waals surface area contributed by atoms with E-state index in [2.05, 4.69) is 31.3 Å². The highest BCUT2D eigenvalue weighted by atomic mass is 79.9. The number of anilines is 1. The molecule has 0 radical (unpaired) electrons. The zero-order valence-electron chi connectivity index (χ0n) is 15.2. The number of halogens is 2. The Morgan fingerprint density at radius 2 is 2.14 bits per heavy atom. The van der Waals surface area contributed by atoms with Gasteiger partial charge in [0.05, 0.1) is 0 Å². The summed E-state index contributed by atoms with van der Waals surface area (Å²) >= 11 is 11.1. The smallest absolute Gasteiger partial charge is 0.227 e. The highest BCUT2D eigenvalue weighted by Gasteiger charge is 2.38. The Hall–Kier alpha value is -2.03. The molecular weight excluding hydrogens is 476 g/mol. The summed E-state index contributed by atoms with van der Waals surface area (Å²) < 4.78 is 8.19. The number of nitrogens with zero attached hydrogens (tertiary/aromatic N) is 3. The van der Waals surface area contributed by atoms with Gasteiger partial charge < -0.3 is 9.73 Å². The first kappa shape index (κ1) is 19.0. The molecule has 0 bridgehead atoms. The zero-order valence-corrected chi connectivity index (χ0v) is 18.4. The average Bonchev–Trinajstić information content (AvgIpc) is 3.31. The van der Waals surface area contributed by atoms with E-state index >= 15 is 0 Å². The molecule has 1 aliphatic heterocycles. The predicted molar refractivity (Wildman–Crippen MR) is 115 cm³/mol. The van der Waals surface area contributed by atoms with Gasteiger partial charge in [-0.3, -0.25) is 4.79 Å². The van der Waals surface area contributed by atoms with Gasteiger partial charge in [-0.25, -0.2) is 4.68 Å². The molecule has 0 saturated carbocycles. The summed E-state index contributed by atoms with van der Waals surface area (Å²) in [5, 5.41) is 9.36. The minimum absolute atomic E-state index is 0.127. The number of ketones is 1. The van der Waals surface area contributed by atoms with Gasteiger partial charge in [0.1, 0.15) is 11.8 Å². The Bertz CT molecular complexity index is 1140. The largest absolute Gasteiger partial charge is 0.452 e. The summed E-state index contributed by atoms with van der Waals surface area (Å²) in [5.74, 6) is 2.07. The number of thioether (sulfide) groups is 1. The maximum Gasteiger partial charge on any atom is 0.227 e. The molecule has 6 nitrogen and oxygen atoms in total. The second kappa shape index (κ2) is 7.66. The van der Waals surface area contributed by atoms with Crippen LogP contribution in [0, 0.1) is 0 Å². The Labute approximate surface area is 184 Å². The van der Waals surface area contributed by atoms with Crippen LogP contribution in [-0.2, 0) is 10.5 Å². The van der Waals surface area contributed by atoms with E-state index in [-0.39, 0.29) is 5.78 Å². The Kier molecular flexibility index (Phi) is 5.01. The van der Waals surface area contributed by atoms with Gasteiger partial charge in [-0.05, 0) is 52.5 Å². The van der Waals surface area contributed by atoms with Gasteiger partial charge in [-0.1, -0.05) is 41.6 Å². The predicted octanol–water partition coefficient (Wildman–Crippen LogP) is 5.60. The lowest BCUT2D eigenvalue weighted by molar-refractivity contribution is -0.116. The number of furan rings is 1. The fraction of sp³-hybridized carbons (Fsp3) is 0.250. The normalized spacial score (nSPS) is 18.4. The van der Waals surface area contributed by atoms with E-state index in [1.54, 1.807) is 4.68 Å². The standard InChI is InChI=1S/C20H16BrClN4O2S/c21-16-9-8-15(28-16)18-17-13(6-3-7-14(17)27)23-19-24-20(25-26(18)19)29-10-11-4-1-2-5-12(11)22/h1-2,4-5,8-9,18H,3,6-7,10H2,(H,23,24,25). The number of benzene rings is 1. The fourth-order valence-electron chi connectivity index (χ4n) is 3.69. The van der Waals surface area contributed by atoms with Crippen LogP contribution in [0.5, 0.6) is 0 Å². The number of nitrogens with one attached hydrogen (secondary N) is 1. The maximum atomic E-state index is 12.8. The number of fused-ring (bicyclic) bond motifs is 1. The molecule has 0 amide bonds. The summed E-state index contributed by atoms with van der Waals surface area (Å²) in [5.41, 5.74) is 2.67. The van der Waals surface area contributed by atoms with Gasteiger partial charge in [0.2, 0.25) is 11.1 Å². The minimum Gasteiger partial charge on any atom is -0.452 e. The number of aromatic nitrogens is 3. The number of allylic oxidation sites excluding steroid dienone is 2. The molecule has 1 atom stereocenters. The van der Waals surface area contributed by atoms with Crippen LogP contribution in [0.25, 0.3) is 0 Å². The first-order valence-electron chi connectivity index (χ1n) is 9.21. The second-order valence-electron chi connectivity index (χ2n) is 6.88. The van der Waals surface area contributed by atoms with Crippen molar-refractivity contribution in [2.75, 3.05) is 5.32 Å². The monoisotopic (exact) mass is 490 g/mol. The molecule has 2 aromatic heterocycles. The molecular formula is C20H16BrClN4O2S. The van der Waals surface area contributed by atoms with Crippen LogP contribution < -0.4 is 5.32 Å². The van der Waals surface area contributed by atoms with E-state index < -0.39 is 6.04 Å². The van der Waals surface area contributed by atoms with Crippen molar-refractivity contribution >= 4 is 51.0 Å². The molecule has 5 rings (SSSR count). The third kappa shape index (κ3) is 3.53. The average molecular weight is 492 g/mol. The molecule has 0 saturated heterocycles. The maximum absolute atomic E-state index is 12.8. The molecule has 3 heterocycles. The third-order valence-electron chi connectivity index (χ3n) is 5.03. The lowest BCUT2D eigenvalue weighted by Crippen LogP contribution is -2.31. The van der Waals surface area contributed by atoms with Crippen molar-refractivity contribution in [3.63, 3.8) is 0 Å². The molecule has 29 heavy (non-hydrogen) atoms. The molecule has 9 heteroatoms. The van der Waals surface area contributed by atoms with Gasteiger partial charge in [0, 0.05) is 28.5 Å². The highest BCUT2D eigenvalue weighted by Crippen LogP contribution is 2.41. The summed E-state index contributed by atoms with van der Waals surface area (Å²) in [6.07, 6.45) is 2.19. The van der Waals surface area contributed by atoms with Crippen LogP contribution in [-0.4, -0.2) is 20.5 Å². The fourth-order valence-corrected chi connectivity index (χ4v) is 5.13. The van der Waals surface area contributed by atoms with E-state index in [4.69, 9.17) is 16.0 Å². The summed E-state index contributed by atoms with van der Waals surface area (Å²) in [6, 6.07) is 11.0. The van der Waals surface area contributed by atoms with Crippen molar-refractivity contribution in [2.24, 2.45) is 0 Å². The van der Waals surface area contributed by atoms with E-state index in [0.29, 0.717) is 33.7 Å².